The van der Waals surface area contributed by atoms with Gasteiger partial charge in [-0.1, -0.05) is 13.8 Å². The zero-order valence-corrected chi connectivity index (χ0v) is 15.5. The van der Waals surface area contributed by atoms with Crippen molar-refractivity contribution in [1.82, 2.24) is 4.57 Å². The highest BCUT2D eigenvalue weighted by Crippen LogP contribution is 2.34. The normalized spacial score (nSPS) is 11.3. The van der Waals surface area contributed by atoms with E-state index in [1.54, 1.807) is 11.0 Å². The van der Waals surface area contributed by atoms with Crippen molar-refractivity contribution in [3.63, 3.8) is 0 Å². The van der Waals surface area contributed by atoms with Crippen LogP contribution in [0.4, 0.5) is 5.69 Å². The number of benzene rings is 2. The maximum atomic E-state index is 13.1. The topological polar surface area (TPSA) is 65.7 Å². The van der Waals surface area contributed by atoms with Crippen molar-refractivity contribution >= 4 is 22.5 Å². The molecule has 0 aliphatic heterocycles. The molecule has 0 saturated heterocycles. The lowest BCUT2D eigenvalue weighted by Gasteiger charge is -2.23. The number of rotatable bonds is 4. The third-order valence-corrected chi connectivity index (χ3v) is 4.74. The molecule has 136 valence electrons. The van der Waals surface area contributed by atoms with E-state index in [1.807, 2.05) is 62.8 Å². The summed E-state index contributed by atoms with van der Waals surface area (Å²) in [6.45, 7) is 6.23. The summed E-state index contributed by atoms with van der Waals surface area (Å²) in [7, 11) is 1.98. The third-order valence-electron chi connectivity index (χ3n) is 4.74. The van der Waals surface area contributed by atoms with Crippen LogP contribution in [0.3, 0.4) is 0 Å². The van der Waals surface area contributed by atoms with Crippen molar-refractivity contribution in [2.75, 3.05) is 11.4 Å². The standard InChI is InChI=1S/C21H24N2O3/c1-5-23(15-6-7-18-14(10-15)8-9-22(18)4)21(26)17-11-16(13(2)3)19(24)12-20(17)25/h6-13,24-25H,5H2,1-4H3. The highest BCUT2D eigenvalue weighted by molar-refractivity contribution is 6.08. The minimum absolute atomic E-state index is 0.00260. The molecule has 3 aromatic rings. The molecular weight excluding hydrogens is 328 g/mol. The molecule has 3 rings (SSSR count). The van der Waals surface area contributed by atoms with E-state index < -0.39 is 0 Å². The molecule has 2 N–H and O–H groups in total. The van der Waals surface area contributed by atoms with Gasteiger partial charge in [0, 0.05) is 42.4 Å². The summed E-state index contributed by atoms with van der Waals surface area (Å²) >= 11 is 0. The van der Waals surface area contributed by atoms with Crippen LogP contribution in [0.15, 0.2) is 42.6 Å². The molecule has 0 aliphatic rings. The number of anilines is 1. The van der Waals surface area contributed by atoms with Crippen molar-refractivity contribution in [3.8, 4) is 11.5 Å². The van der Waals surface area contributed by atoms with Gasteiger partial charge in [-0.25, -0.2) is 0 Å². The summed E-state index contributed by atoms with van der Waals surface area (Å²) in [5.41, 5.74) is 2.70. The van der Waals surface area contributed by atoms with Gasteiger partial charge in [0.25, 0.3) is 5.91 Å². The summed E-state index contributed by atoms with van der Waals surface area (Å²) in [5.74, 6) is -0.459. The second kappa shape index (κ2) is 6.75. The second-order valence-electron chi connectivity index (χ2n) is 6.80. The number of nitrogens with zero attached hydrogens (tertiary/aromatic N) is 2. The zero-order chi connectivity index (χ0) is 19.0. The van der Waals surface area contributed by atoms with Crippen molar-refractivity contribution in [3.05, 3.63) is 53.7 Å². The van der Waals surface area contributed by atoms with Crippen molar-refractivity contribution in [2.45, 2.75) is 26.7 Å². The number of aryl methyl sites for hydroxylation is 1. The number of phenols is 2. The van der Waals surface area contributed by atoms with Crippen LogP contribution < -0.4 is 4.90 Å². The molecule has 1 heterocycles. The van der Waals surface area contributed by atoms with Crippen LogP contribution in [0.25, 0.3) is 10.9 Å². The van der Waals surface area contributed by atoms with E-state index in [-0.39, 0.29) is 28.9 Å². The Morgan fingerprint density at radius 1 is 1.12 bits per heavy atom. The van der Waals surface area contributed by atoms with Gasteiger partial charge in [0.2, 0.25) is 0 Å². The number of carbonyl (C=O) groups excluding carboxylic acids is 1. The first-order chi connectivity index (χ1) is 12.3. The third kappa shape index (κ3) is 3.01. The summed E-state index contributed by atoms with van der Waals surface area (Å²) < 4.78 is 2.03. The van der Waals surface area contributed by atoms with Crippen LogP contribution in [-0.4, -0.2) is 27.2 Å². The molecule has 0 unspecified atom stereocenters. The first kappa shape index (κ1) is 17.9. The Labute approximate surface area is 153 Å². The van der Waals surface area contributed by atoms with Gasteiger partial charge in [0.1, 0.15) is 11.5 Å². The minimum Gasteiger partial charge on any atom is -0.508 e. The molecule has 5 nitrogen and oxygen atoms in total. The highest BCUT2D eigenvalue weighted by atomic mass is 16.3. The SMILES string of the molecule is CCN(C(=O)c1cc(C(C)C)c(O)cc1O)c1ccc2c(ccn2C)c1. The quantitative estimate of drug-likeness (QED) is 0.732. The number of hydrogen-bond acceptors (Lipinski definition) is 3. The Morgan fingerprint density at radius 2 is 1.85 bits per heavy atom. The molecule has 0 atom stereocenters. The van der Waals surface area contributed by atoms with E-state index in [0.29, 0.717) is 12.1 Å². The van der Waals surface area contributed by atoms with Crippen LogP contribution in [0, 0.1) is 0 Å². The minimum atomic E-state index is -0.290. The number of phenolic OH excluding ortho intramolecular Hbond substituents is 2. The van der Waals surface area contributed by atoms with E-state index in [9.17, 15) is 15.0 Å². The summed E-state index contributed by atoms with van der Waals surface area (Å²) in [5, 5.41) is 21.3. The molecule has 1 aromatic heterocycles. The van der Waals surface area contributed by atoms with E-state index in [2.05, 4.69) is 0 Å². The van der Waals surface area contributed by atoms with Crippen molar-refractivity contribution in [2.24, 2.45) is 7.05 Å². The number of aromatic hydroxyl groups is 2. The van der Waals surface area contributed by atoms with Gasteiger partial charge in [-0.2, -0.15) is 0 Å². The zero-order valence-electron chi connectivity index (χ0n) is 15.5. The lowest BCUT2D eigenvalue weighted by atomic mass is 9.98. The fourth-order valence-corrected chi connectivity index (χ4v) is 3.25. The molecule has 2 aromatic carbocycles. The highest BCUT2D eigenvalue weighted by Gasteiger charge is 2.22. The van der Waals surface area contributed by atoms with Gasteiger partial charge in [0.05, 0.1) is 5.56 Å². The molecule has 0 fully saturated rings. The predicted molar refractivity (Wildman–Crippen MR) is 104 cm³/mol. The number of hydrogen-bond donors (Lipinski definition) is 2. The molecule has 0 radical (unpaired) electrons. The molecule has 0 aliphatic carbocycles. The van der Waals surface area contributed by atoms with E-state index in [1.165, 1.54) is 6.07 Å². The number of aromatic nitrogens is 1. The average molecular weight is 352 g/mol. The molecule has 0 bridgehead atoms. The van der Waals surface area contributed by atoms with Crippen LogP contribution in [0.2, 0.25) is 0 Å². The molecule has 0 spiro atoms. The lowest BCUT2D eigenvalue weighted by Crippen LogP contribution is -2.30. The van der Waals surface area contributed by atoms with Gasteiger partial charge in [-0.3, -0.25) is 4.79 Å². The Hall–Kier alpha value is -2.95. The number of carbonyl (C=O) groups is 1. The largest absolute Gasteiger partial charge is 0.508 e. The molecule has 26 heavy (non-hydrogen) atoms. The maximum absolute atomic E-state index is 13.1. The molecule has 5 heteroatoms. The first-order valence-corrected chi connectivity index (χ1v) is 8.76. The fourth-order valence-electron chi connectivity index (χ4n) is 3.25. The van der Waals surface area contributed by atoms with Crippen LogP contribution >= 0.6 is 0 Å². The smallest absolute Gasteiger partial charge is 0.262 e. The Morgan fingerprint density at radius 3 is 2.50 bits per heavy atom. The first-order valence-electron chi connectivity index (χ1n) is 8.76. The number of amides is 1. The fraction of sp³-hybridized carbons (Fsp3) is 0.286. The molecular formula is C21H24N2O3. The van der Waals surface area contributed by atoms with E-state index in [0.717, 1.165) is 16.6 Å². The Balaban J connectivity index is 2.04. The van der Waals surface area contributed by atoms with Crippen LogP contribution in [-0.2, 0) is 7.05 Å². The molecule has 0 saturated carbocycles. The van der Waals surface area contributed by atoms with E-state index >= 15 is 0 Å². The monoisotopic (exact) mass is 352 g/mol. The van der Waals surface area contributed by atoms with Crippen LogP contribution in [0.5, 0.6) is 11.5 Å². The van der Waals surface area contributed by atoms with Gasteiger partial charge in [0.15, 0.2) is 0 Å². The summed E-state index contributed by atoms with van der Waals surface area (Å²) in [6.07, 6.45) is 1.98. The predicted octanol–water partition coefficient (Wildman–Crippen LogP) is 4.38. The lowest BCUT2D eigenvalue weighted by molar-refractivity contribution is 0.0985. The van der Waals surface area contributed by atoms with Gasteiger partial charge >= 0.3 is 0 Å². The van der Waals surface area contributed by atoms with Gasteiger partial charge in [-0.15, -0.1) is 0 Å². The molecule has 1 amide bonds. The Bertz CT molecular complexity index is 973. The average Bonchev–Trinajstić information content (AvgIpc) is 2.96. The number of fused-ring (bicyclic) bond motifs is 1. The summed E-state index contributed by atoms with van der Waals surface area (Å²) in [6, 6.07) is 10.7. The van der Waals surface area contributed by atoms with E-state index in [4.69, 9.17) is 0 Å². The van der Waals surface area contributed by atoms with Crippen molar-refractivity contribution < 1.29 is 15.0 Å². The summed E-state index contributed by atoms with van der Waals surface area (Å²) in [4.78, 5) is 14.7. The van der Waals surface area contributed by atoms with Crippen molar-refractivity contribution in [1.29, 1.82) is 0 Å². The van der Waals surface area contributed by atoms with Crippen LogP contribution in [0.1, 0.15) is 42.6 Å². The van der Waals surface area contributed by atoms with Gasteiger partial charge in [-0.05, 0) is 48.7 Å². The Kier molecular flexibility index (Phi) is 4.64. The maximum Gasteiger partial charge on any atom is 0.262 e. The second-order valence-corrected chi connectivity index (χ2v) is 6.80. The van der Waals surface area contributed by atoms with Gasteiger partial charge < -0.3 is 19.7 Å².